The number of hydrogen-bond acceptors (Lipinski definition) is 1. The zero-order valence-electron chi connectivity index (χ0n) is 12.8. The molecule has 0 unspecified atom stereocenters. The van der Waals surface area contributed by atoms with Gasteiger partial charge in [-0.05, 0) is 25.3 Å². The lowest BCUT2D eigenvalue weighted by Gasteiger charge is -2.16. The summed E-state index contributed by atoms with van der Waals surface area (Å²) in [6.45, 7) is 9.38. The van der Waals surface area contributed by atoms with Crippen LogP contribution in [0.4, 0.5) is 4.39 Å². The van der Waals surface area contributed by atoms with E-state index in [0.717, 1.165) is 38.5 Å². The Hall–Kier alpha value is -0.920. The van der Waals surface area contributed by atoms with Crippen LogP contribution in [0.25, 0.3) is 0 Å². The Morgan fingerprint density at radius 2 is 1.47 bits per heavy atom. The van der Waals surface area contributed by atoms with Crippen LogP contribution in [0.2, 0.25) is 0 Å². The van der Waals surface area contributed by atoms with Gasteiger partial charge in [0.15, 0.2) is 0 Å². The minimum absolute atomic E-state index is 0.0780. The zero-order valence-corrected chi connectivity index (χ0v) is 12.8. The molecule has 0 radical (unpaired) electrons. The first-order chi connectivity index (χ1) is 8.88. The van der Waals surface area contributed by atoms with Crippen molar-refractivity contribution in [1.82, 2.24) is 0 Å². The van der Waals surface area contributed by atoms with Crippen molar-refractivity contribution < 1.29 is 9.18 Å². The Balaban J connectivity index is 3.40. The third-order valence-corrected chi connectivity index (χ3v) is 3.20. The predicted octanol–water partition coefficient (Wildman–Crippen LogP) is 5.76. The van der Waals surface area contributed by atoms with Crippen LogP contribution >= 0.6 is 0 Å². The number of hydrogen-bond donors (Lipinski definition) is 0. The molecular formula is C17H29FO. The molecule has 0 heterocycles. The van der Waals surface area contributed by atoms with Crippen molar-refractivity contribution in [2.24, 2.45) is 5.41 Å². The van der Waals surface area contributed by atoms with Gasteiger partial charge in [0.2, 0.25) is 0 Å². The van der Waals surface area contributed by atoms with Gasteiger partial charge in [-0.2, -0.15) is 0 Å². The molecule has 0 fully saturated rings. The molecule has 0 aromatic rings. The van der Waals surface area contributed by atoms with Crippen LogP contribution in [0.5, 0.6) is 0 Å². The van der Waals surface area contributed by atoms with Crippen LogP contribution in [0, 0.1) is 5.41 Å². The maximum Gasteiger partial charge on any atom is 0.138 e. The largest absolute Gasteiger partial charge is 0.299 e. The average Bonchev–Trinajstić information content (AvgIpc) is 2.31. The quantitative estimate of drug-likeness (QED) is 0.363. The van der Waals surface area contributed by atoms with Gasteiger partial charge in [0.05, 0.1) is 5.83 Å². The molecule has 0 aromatic carbocycles. The predicted molar refractivity (Wildman–Crippen MR) is 80.8 cm³/mol. The standard InChI is InChI=1S/C17H29FO/c1-5-12-15(18)13-10-8-6-7-9-11-14-16(19)17(2,3)4/h5,12H,1,6-11,13-14H2,2-4H3/b15-12+. The van der Waals surface area contributed by atoms with Crippen molar-refractivity contribution in [2.45, 2.75) is 72.1 Å². The maximum atomic E-state index is 13.0. The van der Waals surface area contributed by atoms with Gasteiger partial charge in [-0.1, -0.05) is 59.1 Å². The van der Waals surface area contributed by atoms with Crippen molar-refractivity contribution in [3.8, 4) is 0 Å². The fraction of sp³-hybridized carbons (Fsp3) is 0.706. The first kappa shape index (κ1) is 18.1. The highest BCUT2D eigenvalue weighted by atomic mass is 19.1. The molecule has 19 heavy (non-hydrogen) atoms. The third kappa shape index (κ3) is 10.7. The summed E-state index contributed by atoms with van der Waals surface area (Å²) in [5, 5.41) is 0. The normalized spacial score (nSPS) is 12.5. The fourth-order valence-electron chi connectivity index (χ4n) is 1.87. The minimum Gasteiger partial charge on any atom is -0.299 e. The summed E-state index contributed by atoms with van der Waals surface area (Å²) < 4.78 is 13.0. The van der Waals surface area contributed by atoms with Crippen molar-refractivity contribution in [3.63, 3.8) is 0 Å². The third-order valence-electron chi connectivity index (χ3n) is 3.20. The topological polar surface area (TPSA) is 17.1 Å². The Bertz CT molecular complexity index is 297. The van der Waals surface area contributed by atoms with Crippen molar-refractivity contribution >= 4 is 5.78 Å². The van der Waals surface area contributed by atoms with Crippen LogP contribution in [-0.2, 0) is 4.79 Å². The molecule has 2 heteroatoms. The summed E-state index contributed by atoms with van der Waals surface area (Å²) >= 11 is 0. The Labute approximate surface area is 118 Å². The van der Waals surface area contributed by atoms with E-state index in [2.05, 4.69) is 6.58 Å². The van der Waals surface area contributed by atoms with E-state index in [-0.39, 0.29) is 11.2 Å². The molecule has 0 bridgehead atoms. The number of halogens is 1. The molecule has 0 amide bonds. The highest BCUT2D eigenvalue weighted by Gasteiger charge is 2.19. The van der Waals surface area contributed by atoms with E-state index in [0.29, 0.717) is 18.6 Å². The lowest BCUT2D eigenvalue weighted by Crippen LogP contribution is -2.19. The number of ketones is 1. The first-order valence-corrected chi connectivity index (χ1v) is 7.38. The van der Waals surface area contributed by atoms with Crippen molar-refractivity contribution in [1.29, 1.82) is 0 Å². The van der Waals surface area contributed by atoms with Gasteiger partial charge in [0, 0.05) is 11.8 Å². The molecular weight excluding hydrogens is 239 g/mol. The lowest BCUT2D eigenvalue weighted by molar-refractivity contribution is -0.126. The molecule has 110 valence electrons. The highest BCUT2D eigenvalue weighted by Crippen LogP contribution is 2.19. The van der Waals surface area contributed by atoms with Gasteiger partial charge in [-0.15, -0.1) is 0 Å². The molecule has 0 saturated carbocycles. The minimum atomic E-state index is -0.199. The maximum absolute atomic E-state index is 13.0. The van der Waals surface area contributed by atoms with Crippen LogP contribution < -0.4 is 0 Å². The summed E-state index contributed by atoms with van der Waals surface area (Å²) in [7, 11) is 0. The van der Waals surface area contributed by atoms with E-state index in [1.165, 1.54) is 12.2 Å². The summed E-state index contributed by atoms with van der Waals surface area (Å²) in [5.41, 5.74) is -0.199. The van der Waals surface area contributed by atoms with Crippen LogP contribution in [0.1, 0.15) is 72.1 Å². The number of carbonyl (C=O) groups is 1. The molecule has 0 atom stereocenters. The lowest BCUT2D eigenvalue weighted by atomic mass is 9.88. The van der Waals surface area contributed by atoms with Crippen LogP contribution in [0.15, 0.2) is 24.6 Å². The van der Waals surface area contributed by atoms with Gasteiger partial charge < -0.3 is 0 Å². The second-order valence-electron chi connectivity index (χ2n) is 6.14. The van der Waals surface area contributed by atoms with Crippen molar-refractivity contribution in [3.05, 3.63) is 24.6 Å². The van der Waals surface area contributed by atoms with E-state index >= 15 is 0 Å². The number of rotatable bonds is 10. The number of unbranched alkanes of at least 4 members (excludes halogenated alkanes) is 5. The Morgan fingerprint density at radius 1 is 1.00 bits per heavy atom. The molecule has 0 aliphatic heterocycles. The molecule has 0 spiro atoms. The van der Waals surface area contributed by atoms with Crippen LogP contribution in [0.3, 0.4) is 0 Å². The van der Waals surface area contributed by atoms with E-state index in [4.69, 9.17) is 0 Å². The summed E-state index contributed by atoms with van der Waals surface area (Å²) in [6.07, 6.45) is 10.5. The van der Waals surface area contributed by atoms with Gasteiger partial charge in [0.25, 0.3) is 0 Å². The monoisotopic (exact) mass is 268 g/mol. The molecule has 0 N–H and O–H groups in total. The van der Waals surface area contributed by atoms with Crippen LogP contribution in [-0.4, -0.2) is 5.78 Å². The van der Waals surface area contributed by atoms with E-state index in [9.17, 15) is 9.18 Å². The van der Waals surface area contributed by atoms with E-state index in [1.54, 1.807) is 0 Å². The van der Waals surface area contributed by atoms with Gasteiger partial charge >= 0.3 is 0 Å². The number of carbonyl (C=O) groups excluding carboxylic acids is 1. The smallest absolute Gasteiger partial charge is 0.138 e. The van der Waals surface area contributed by atoms with Gasteiger partial charge in [-0.3, -0.25) is 4.79 Å². The van der Waals surface area contributed by atoms with Gasteiger partial charge in [0.1, 0.15) is 5.78 Å². The highest BCUT2D eigenvalue weighted by molar-refractivity contribution is 5.83. The van der Waals surface area contributed by atoms with E-state index in [1.807, 2.05) is 20.8 Å². The molecule has 0 aliphatic carbocycles. The SMILES string of the molecule is C=C/C=C(/F)CCCCCCCCC(=O)C(C)(C)C. The molecule has 0 aromatic heterocycles. The molecule has 0 saturated heterocycles. The number of Topliss-reactive ketones (excluding diaryl/α,β-unsaturated/α-hetero) is 1. The summed E-state index contributed by atoms with van der Waals surface area (Å²) in [4.78, 5) is 11.7. The zero-order chi connectivity index (χ0) is 14.7. The number of allylic oxidation sites excluding steroid dienone is 3. The van der Waals surface area contributed by atoms with E-state index < -0.39 is 0 Å². The fourth-order valence-corrected chi connectivity index (χ4v) is 1.87. The Morgan fingerprint density at radius 3 is 1.95 bits per heavy atom. The molecule has 0 rings (SSSR count). The summed E-state index contributed by atoms with van der Waals surface area (Å²) in [6, 6.07) is 0. The van der Waals surface area contributed by atoms with Crippen molar-refractivity contribution in [2.75, 3.05) is 0 Å². The molecule has 1 nitrogen and oxygen atoms in total. The summed E-state index contributed by atoms with van der Waals surface area (Å²) in [5.74, 6) is 0.273. The van der Waals surface area contributed by atoms with Gasteiger partial charge in [-0.25, -0.2) is 4.39 Å². The molecule has 0 aliphatic rings. The first-order valence-electron chi connectivity index (χ1n) is 7.38. The Kier molecular flexibility index (Phi) is 9.46. The second kappa shape index (κ2) is 9.94. The second-order valence-corrected chi connectivity index (χ2v) is 6.14. The average molecular weight is 268 g/mol.